The number of hydrogen-bond donors (Lipinski definition) is 1. The van der Waals surface area contributed by atoms with Gasteiger partial charge in [0.2, 0.25) is 0 Å². The van der Waals surface area contributed by atoms with Crippen LogP contribution in [0.2, 0.25) is 0 Å². The van der Waals surface area contributed by atoms with Crippen molar-refractivity contribution in [2.75, 3.05) is 32.4 Å². The Morgan fingerprint density at radius 3 is 2.75 bits per heavy atom. The third-order valence-electron chi connectivity index (χ3n) is 4.02. The fraction of sp³-hybridized carbons (Fsp3) is 1.00. The van der Waals surface area contributed by atoms with Gasteiger partial charge in [0.25, 0.3) is 0 Å². The molecule has 0 aromatic rings. The average Bonchev–Trinajstić information content (AvgIpc) is 2.82. The Morgan fingerprint density at radius 1 is 1.19 bits per heavy atom. The van der Waals surface area contributed by atoms with E-state index >= 15 is 0 Å². The van der Waals surface area contributed by atoms with Gasteiger partial charge in [0, 0.05) is 24.4 Å². The van der Waals surface area contributed by atoms with Crippen LogP contribution in [0.3, 0.4) is 0 Å². The fourth-order valence-corrected chi connectivity index (χ4v) is 3.80. The Balaban J connectivity index is 1.58. The number of hydrogen-bond acceptors (Lipinski definition) is 3. The van der Waals surface area contributed by atoms with E-state index in [1.165, 1.54) is 64.7 Å². The molecule has 2 atom stereocenters. The minimum absolute atomic E-state index is 0.800. The summed E-state index contributed by atoms with van der Waals surface area (Å²) >= 11 is 2.06. The van der Waals surface area contributed by atoms with Crippen molar-refractivity contribution in [2.24, 2.45) is 0 Å². The number of rotatable bonds is 5. The summed E-state index contributed by atoms with van der Waals surface area (Å²) in [6, 6.07) is 0.800. The van der Waals surface area contributed by atoms with E-state index in [1.54, 1.807) is 0 Å². The zero-order chi connectivity index (χ0) is 11.2. The number of nitrogens with one attached hydrogen (secondary N) is 1. The summed E-state index contributed by atoms with van der Waals surface area (Å²) in [5.41, 5.74) is 0. The lowest BCUT2D eigenvalue weighted by atomic mass is 9.95. The zero-order valence-electron chi connectivity index (χ0n) is 10.6. The van der Waals surface area contributed by atoms with Gasteiger partial charge in [-0.05, 0) is 51.4 Å². The summed E-state index contributed by atoms with van der Waals surface area (Å²) in [6.07, 6.45) is 10.7. The molecule has 0 aromatic carbocycles. The topological polar surface area (TPSA) is 15.3 Å². The fourth-order valence-electron chi connectivity index (χ4n) is 2.98. The lowest BCUT2D eigenvalue weighted by Crippen LogP contribution is -2.39. The molecule has 3 heteroatoms. The maximum Gasteiger partial charge on any atom is 0.0107 e. The average molecular weight is 242 g/mol. The van der Waals surface area contributed by atoms with Crippen molar-refractivity contribution in [3.05, 3.63) is 0 Å². The molecule has 94 valence electrons. The Labute approximate surface area is 105 Å². The van der Waals surface area contributed by atoms with Crippen LogP contribution in [0.25, 0.3) is 0 Å². The van der Waals surface area contributed by atoms with Crippen molar-refractivity contribution in [3.63, 3.8) is 0 Å². The van der Waals surface area contributed by atoms with Crippen molar-refractivity contribution in [1.82, 2.24) is 10.2 Å². The van der Waals surface area contributed by atoms with E-state index in [2.05, 4.69) is 28.2 Å². The van der Waals surface area contributed by atoms with Gasteiger partial charge in [-0.15, -0.1) is 0 Å². The van der Waals surface area contributed by atoms with Gasteiger partial charge in [-0.25, -0.2) is 0 Å². The van der Waals surface area contributed by atoms with Crippen LogP contribution in [-0.2, 0) is 0 Å². The Morgan fingerprint density at radius 2 is 2.00 bits per heavy atom. The highest BCUT2D eigenvalue weighted by Gasteiger charge is 2.20. The van der Waals surface area contributed by atoms with Crippen molar-refractivity contribution in [1.29, 1.82) is 0 Å². The molecule has 0 radical (unpaired) electrons. The molecule has 1 heterocycles. The molecule has 1 N–H and O–H groups in total. The highest BCUT2D eigenvalue weighted by Crippen LogP contribution is 2.26. The van der Waals surface area contributed by atoms with Crippen LogP contribution in [0.5, 0.6) is 0 Å². The molecule has 1 aliphatic heterocycles. The number of nitrogens with zero attached hydrogens (tertiary/aromatic N) is 1. The summed E-state index contributed by atoms with van der Waals surface area (Å²) in [6.45, 7) is 5.13. The second-order valence-corrected chi connectivity index (χ2v) is 6.36. The first-order valence-electron chi connectivity index (χ1n) is 6.87. The molecule has 1 aliphatic carbocycles. The molecule has 0 bridgehead atoms. The standard InChI is InChI=1S/C13H26N2S/c1-16-13-6-4-5-12(11-13)14-7-10-15-8-2-3-9-15/h12-14H,2-11H2,1H3. The van der Waals surface area contributed by atoms with Gasteiger partial charge >= 0.3 is 0 Å². The lowest BCUT2D eigenvalue weighted by Gasteiger charge is -2.29. The Bertz CT molecular complexity index is 192. The summed E-state index contributed by atoms with van der Waals surface area (Å²) in [7, 11) is 0. The predicted octanol–water partition coefficient (Wildman–Crippen LogP) is 2.35. The van der Waals surface area contributed by atoms with Crippen LogP contribution in [0.15, 0.2) is 0 Å². The highest BCUT2D eigenvalue weighted by atomic mass is 32.2. The third kappa shape index (κ3) is 3.94. The smallest absolute Gasteiger partial charge is 0.0107 e. The predicted molar refractivity (Wildman–Crippen MR) is 73.2 cm³/mol. The van der Waals surface area contributed by atoms with Crippen LogP contribution in [0.4, 0.5) is 0 Å². The lowest BCUT2D eigenvalue weighted by molar-refractivity contribution is 0.310. The maximum absolute atomic E-state index is 3.76. The van der Waals surface area contributed by atoms with Crippen LogP contribution in [0.1, 0.15) is 38.5 Å². The first-order chi connectivity index (χ1) is 7.88. The van der Waals surface area contributed by atoms with Gasteiger partial charge in [-0.2, -0.15) is 11.8 Å². The van der Waals surface area contributed by atoms with Gasteiger partial charge < -0.3 is 10.2 Å². The summed E-state index contributed by atoms with van der Waals surface area (Å²) in [5.74, 6) is 0. The summed E-state index contributed by atoms with van der Waals surface area (Å²) in [4.78, 5) is 2.60. The molecule has 2 rings (SSSR count). The van der Waals surface area contributed by atoms with E-state index < -0.39 is 0 Å². The van der Waals surface area contributed by atoms with Crippen LogP contribution < -0.4 is 5.32 Å². The molecular weight excluding hydrogens is 216 g/mol. The monoisotopic (exact) mass is 242 g/mol. The first kappa shape index (κ1) is 12.7. The van der Waals surface area contributed by atoms with Crippen molar-refractivity contribution >= 4 is 11.8 Å². The third-order valence-corrected chi connectivity index (χ3v) is 5.11. The first-order valence-corrected chi connectivity index (χ1v) is 8.16. The van der Waals surface area contributed by atoms with Crippen molar-refractivity contribution < 1.29 is 0 Å². The molecule has 0 amide bonds. The normalized spacial score (nSPS) is 32.1. The van der Waals surface area contributed by atoms with Crippen molar-refractivity contribution in [3.8, 4) is 0 Å². The molecule has 0 aromatic heterocycles. The molecule has 1 saturated carbocycles. The molecule has 2 nitrogen and oxygen atoms in total. The van der Waals surface area contributed by atoms with Crippen LogP contribution in [-0.4, -0.2) is 48.6 Å². The maximum atomic E-state index is 3.76. The van der Waals surface area contributed by atoms with E-state index in [0.717, 1.165) is 11.3 Å². The van der Waals surface area contributed by atoms with Gasteiger partial charge in [0.15, 0.2) is 0 Å². The van der Waals surface area contributed by atoms with E-state index in [9.17, 15) is 0 Å². The number of likely N-dealkylation sites (tertiary alicyclic amines) is 1. The van der Waals surface area contributed by atoms with Crippen LogP contribution >= 0.6 is 11.8 Å². The van der Waals surface area contributed by atoms with Gasteiger partial charge in [0.05, 0.1) is 0 Å². The van der Waals surface area contributed by atoms with Gasteiger partial charge in [0.1, 0.15) is 0 Å². The molecule has 2 fully saturated rings. The van der Waals surface area contributed by atoms with E-state index in [4.69, 9.17) is 0 Å². The van der Waals surface area contributed by atoms with E-state index in [0.29, 0.717) is 0 Å². The number of thioether (sulfide) groups is 1. The second-order valence-electron chi connectivity index (χ2n) is 5.22. The highest BCUT2D eigenvalue weighted by molar-refractivity contribution is 7.99. The molecule has 2 unspecified atom stereocenters. The Hall–Kier alpha value is 0.270. The second kappa shape index (κ2) is 6.87. The minimum Gasteiger partial charge on any atom is -0.313 e. The minimum atomic E-state index is 0.800. The Kier molecular flexibility index (Phi) is 5.46. The van der Waals surface area contributed by atoms with Gasteiger partial charge in [-0.3, -0.25) is 0 Å². The van der Waals surface area contributed by atoms with Crippen LogP contribution in [0, 0.1) is 0 Å². The summed E-state index contributed by atoms with van der Waals surface area (Å²) in [5, 5.41) is 4.67. The molecular formula is C13H26N2S. The molecule has 16 heavy (non-hydrogen) atoms. The summed E-state index contributed by atoms with van der Waals surface area (Å²) < 4.78 is 0. The molecule has 1 saturated heterocycles. The van der Waals surface area contributed by atoms with Gasteiger partial charge in [-0.1, -0.05) is 6.42 Å². The SMILES string of the molecule is CSC1CCCC(NCCN2CCCC2)C1. The molecule has 0 spiro atoms. The van der Waals surface area contributed by atoms with E-state index in [1.807, 2.05) is 0 Å². The largest absolute Gasteiger partial charge is 0.313 e. The molecule has 2 aliphatic rings. The quantitative estimate of drug-likeness (QED) is 0.797. The van der Waals surface area contributed by atoms with Crippen molar-refractivity contribution in [2.45, 2.75) is 49.8 Å². The zero-order valence-corrected chi connectivity index (χ0v) is 11.4. The van der Waals surface area contributed by atoms with E-state index in [-0.39, 0.29) is 0 Å².